The standard InChI is InChI=1S/C14H19NO/c1-3-6-14(4-2)16-11-13-8-5-7-12(9-13)10-15/h3-9H,10-11,15H2,1-2H3/b6-3-,14-4+. The molecule has 0 aliphatic carbocycles. The molecule has 16 heavy (non-hydrogen) atoms. The van der Waals surface area contributed by atoms with Gasteiger partial charge in [0.15, 0.2) is 0 Å². The van der Waals surface area contributed by atoms with Crippen molar-refractivity contribution in [3.8, 4) is 0 Å². The molecule has 2 heteroatoms. The summed E-state index contributed by atoms with van der Waals surface area (Å²) in [6.45, 7) is 5.09. The predicted molar refractivity (Wildman–Crippen MR) is 67.7 cm³/mol. The Labute approximate surface area is 97.4 Å². The quantitative estimate of drug-likeness (QED) is 0.607. The van der Waals surface area contributed by atoms with Gasteiger partial charge in [-0.2, -0.15) is 0 Å². The van der Waals surface area contributed by atoms with Gasteiger partial charge in [0.1, 0.15) is 12.4 Å². The molecule has 0 aromatic heterocycles. The third-order valence-electron chi connectivity index (χ3n) is 2.25. The fourth-order valence-corrected chi connectivity index (χ4v) is 1.41. The summed E-state index contributed by atoms with van der Waals surface area (Å²) in [6.07, 6.45) is 5.87. The molecule has 2 nitrogen and oxygen atoms in total. The largest absolute Gasteiger partial charge is 0.489 e. The average molecular weight is 217 g/mol. The molecular formula is C14H19NO. The molecule has 0 amide bonds. The van der Waals surface area contributed by atoms with Gasteiger partial charge in [-0.15, -0.1) is 0 Å². The first-order valence-electron chi connectivity index (χ1n) is 5.49. The number of ether oxygens (including phenoxy) is 1. The molecule has 0 radical (unpaired) electrons. The minimum atomic E-state index is 0.569. The van der Waals surface area contributed by atoms with Crippen molar-refractivity contribution in [3.63, 3.8) is 0 Å². The van der Waals surface area contributed by atoms with Crippen LogP contribution in [0.4, 0.5) is 0 Å². The molecule has 0 saturated carbocycles. The minimum absolute atomic E-state index is 0.569. The van der Waals surface area contributed by atoms with Crippen LogP contribution in [0.3, 0.4) is 0 Å². The van der Waals surface area contributed by atoms with Gasteiger partial charge in [-0.05, 0) is 37.1 Å². The summed E-state index contributed by atoms with van der Waals surface area (Å²) < 4.78 is 5.65. The topological polar surface area (TPSA) is 35.2 Å². The van der Waals surface area contributed by atoms with Gasteiger partial charge in [0, 0.05) is 6.54 Å². The number of benzene rings is 1. The van der Waals surface area contributed by atoms with Gasteiger partial charge in [-0.1, -0.05) is 30.3 Å². The molecule has 1 aromatic carbocycles. The van der Waals surface area contributed by atoms with Crippen molar-refractivity contribution in [1.29, 1.82) is 0 Å². The van der Waals surface area contributed by atoms with Crippen LogP contribution in [-0.4, -0.2) is 0 Å². The van der Waals surface area contributed by atoms with Crippen molar-refractivity contribution in [2.45, 2.75) is 27.0 Å². The Kier molecular flexibility index (Phi) is 5.37. The average Bonchev–Trinajstić information content (AvgIpc) is 2.34. The van der Waals surface area contributed by atoms with E-state index in [1.807, 2.05) is 50.3 Å². The van der Waals surface area contributed by atoms with Crippen molar-refractivity contribution in [1.82, 2.24) is 0 Å². The summed E-state index contributed by atoms with van der Waals surface area (Å²) in [5.74, 6) is 0.889. The Morgan fingerprint density at radius 2 is 2.06 bits per heavy atom. The Morgan fingerprint density at radius 1 is 1.31 bits per heavy atom. The molecule has 1 aromatic rings. The zero-order chi connectivity index (χ0) is 11.8. The first-order valence-corrected chi connectivity index (χ1v) is 5.49. The fourth-order valence-electron chi connectivity index (χ4n) is 1.41. The summed E-state index contributed by atoms with van der Waals surface area (Å²) in [5.41, 5.74) is 7.86. The smallest absolute Gasteiger partial charge is 0.115 e. The third-order valence-corrected chi connectivity index (χ3v) is 2.25. The zero-order valence-electron chi connectivity index (χ0n) is 9.94. The maximum atomic E-state index is 5.65. The van der Waals surface area contributed by atoms with Gasteiger partial charge in [0.05, 0.1) is 0 Å². The van der Waals surface area contributed by atoms with Crippen molar-refractivity contribution in [3.05, 3.63) is 59.4 Å². The molecular weight excluding hydrogens is 198 g/mol. The SMILES string of the molecule is C/C=C\C(=C/C)OCc1cccc(CN)c1. The van der Waals surface area contributed by atoms with Crippen LogP contribution in [0.5, 0.6) is 0 Å². The maximum Gasteiger partial charge on any atom is 0.115 e. The maximum absolute atomic E-state index is 5.65. The number of nitrogens with two attached hydrogens (primary N) is 1. The van der Waals surface area contributed by atoms with Gasteiger partial charge in [0.25, 0.3) is 0 Å². The van der Waals surface area contributed by atoms with Gasteiger partial charge in [-0.3, -0.25) is 0 Å². The number of hydrogen-bond acceptors (Lipinski definition) is 2. The van der Waals surface area contributed by atoms with Crippen LogP contribution in [0.25, 0.3) is 0 Å². The lowest BCUT2D eigenvalue weighted by atomic mass is 10.1. The third kappa shape index (κ3) is 3.91. The molecule has 0 bridgehead atoms. The van der Waals surface area contributed by atoms with Gasteiger partial charge in [-0.25, -0.2) is 0 Å². The Hall–Kier alpha value is -1.54. The van der Waals surface area contributed by atoms with E-state index in [2.05, 4.69) is 6.07 Å². The molecule has 1 rings (SSSR count). The fraction of sp³-hybridized carbons (Fsp3) is 0.286. The summed E-state index contributed by atoms with van der Waals surface area (Å²) in [7, 11) is 0. The van der Waals surface area contributed by atoms with Crippen LogP contribution >= 0.6 is 0 Å². The van der Waals surface area contributed by atoms with E-state index in [1.165, 1.54) is 0 Å². The summed E-state index contributed by atoms with van der Waals surface area (Å²) in [6, 6.07) is 8.14. The second kappa shape index (κ2) is 6.85. The van der Waals surface area contributed by atoms with Crippen LogP contribution in [0.1, 0.15) is 25.0 Å². The van der Waals surface area contributed by atoms with Crippen LogP contribution in [0, 0.1) is 0 Å². The highest BCUT2D eigenvalue weighted by atomic mass is 16.5. The van der Waals surface area contributed by atoms with E-state index in [1.54, 1.807) is 0 Å². The molecule has 86 valence electrons. The highest BCUT2D eigenvalue weighted by Gasteiger charge is 1.96. The Balaban J connectivity index is 2.60. The summed E-state index contributed by atoms with van der Waals surface area (Å²) in [5, 5.41) is 0. The number of allylic oxidation sites excluding steroid dienone is 3. The molecule has 0 heterocycles. The van der Waals surface area contributed by atoms with E-state index in [4.69, 9.17) is 10.5 Å². The second-order valence-corrected chi connectivity index (χ2v) is 3.50. The molecule has 0 saturated heterocycles. The minimum Gasteiger partial charge on any atom is -0.489 e. The molecule has 0 atom stereocenters. The van der Waals surface area contributed by atoms with Crippen LogP contribution in [0.2, 0.25) is 0 Å². The molecule has 0 spiro atoms. The monoisotopic (exact) mass is 217 g/mol. The molecule has 0 unspecified atom stereocenters. The van der Waals surface area contributed by atoms with Gasteiger partial charge < -0.3 is 10.5 Å². The molecule has 0 aliphatic heterocycles. The Bertz CT molecular complexity index is 380. The highest BCUT2D eigenvalue weighted by Crippen LogP contribution is 2.09. The van der Waals surface area contributed by atoms with Crippen LogP contribution in [0.15, 0.2) is 48.3 Å². The van der Waals surface area contributed by atoms with Crippen molar-refractivity contribution >= 4 is 0 Å². The summed E-state index contributed by atoms with van der Waals surface area (Å²) >= 11 is 0. The van der Waals surface area contributed by atoms with Crippen molar-refractivity contribution < 1.29 is 4.74 Å². The lowest BCUT2D eigenvalue weighted by Crippen LogP contribution is -1.98. The van der Waals surface area contributed by atoms with E-state index in [9.17, 15) is 0 Å². The van der Waals surface area contributed by atoms with Crippen molar-refractivity contribution in [2.75, 3.05) is 0 Å². The molecule has 2 N–H and O–H groups in total. The van der Waals surface area contributed by atoms with E-state index in [0.29, 0.717) is 13.2 Å². The van der Waals surface area contributed by atoms with E-state index >= 15 is 0 Å². The number of rotatable bonds is 5. The first-order chi connectivity index (χ1) is 7.80. The second-order valence-electron chi connectivity index (χ2n) is 3.50. The predicted octanol–water partition coefficient (Wildman–Crippen LogP) is 3.14. The highest BCUT2D eigenvalue weighted by molar-refractivity contribution is 5.23. The Morgan fingerprint density at radius 3 is 2.69 bits per heavy atom. The van der Waals surface area contributed by atoms with E-state index in [-0.39, 0.29) is 0 Å². The number of hydrogen-bond donors (Lipinski definition) is 1. The van der Waals surface area contributed by atoms with Crippen LogP contribution < -0.4 is 5.73 Å². The zero-order valence-corrected chi connectivity index (χ0v) is 9.94. The van der Waals surface area contributed by atoms with Gasteiger partial charge >= 0.3 is 0 Å². The molecule has 0 aliphatic rings. The lowest BCUT2D eigenvalue weighted by Gasteiger charge is -2.07. The normalized spacial score (nSPS) is 12.1. The van der Waals surface area contributed by atoms with Crippen molar-refractivity contribution in [2.24, 2.45) is 5.73 Å². The van der Waals surface area contributed by atoms with E-state index < -0.39 is 0 Å². The van der Waals surface area contributed by atoms with Gasteiger partial charge in [0.2, 0.25) is 0 Å². The first kappa shape index (κ1) is 12.5. The lowest BCUT2D eigenvalue weighted by molar-refractivity contribution is 0.210. The summed E-state index contributed by atoms with van der Waals surface area (Å²) in [4.78, 5) is 0. The molecule has 0 fully saturated rings. The van der Waals surface area contributed by atoms with Crippen LogP contribution in [-0.2, 0) is 17.9 Å². The van der Waals surface area contributed by atoms with E-state index in [0.717, 1.165) is 16.9 Å².